The summed E-state index contributed by atoms with van der Waals surface area (Å²) in [5, 5.41) is 2.77. The molecule has 1 aliphatic heterocycles. The molecule has 24 heavy (non-hydrogen) atoms. The third-order valence-electron chi connectivity index (χ3n) is 4.01. The van der Waals surface area contributed by atoms with Crippen molar-refractivity contribution in [3.8, 4) is 0 Å². The van der Waals surface area contributed by atoms with E-state index >= 15 is 0 Å². The Kier molecular flexibility index (Phi) is 6.40. The number of nitrogens with zero attached hydrogens (tertiary/aromatic N) is 2. The SMILES string of the molecule is CC(C)CCNC(=O)CC(=O)N1CCN(C(=O)c2ccco2)CC1. The van der Waals surface area contributed by atoms with E-state index in [4.69, 9.17) is 4.42 Å². The normalized spacial score (nSPS) is 14.8. The van der Waals surface area contributed by atoms with Crippen molar-refractivity contribution < 1.29 is 18.8 Å². The van der Waals surface area contributed by atoms with Crippen LogP contribution in [-0.4, -0.2) is 60.2 Å². The minimum absolute atomic E-state index is 0.135. The van der Waals surface area contributed by atoms with Crippen LogP contribution < -0.4 is 5.32 Å². The zero-order chi connectivity index (χ0) is 17.5. The Morgan fingerprint density at radius 2 is 1.83 bits per heavy atom. The van der Waals surface area contributed by atoms with E-state index in [1.54, 1.807) is 21.9 Å². The van der Waals surface area contributed by atoms with Crippen molar-refractivity contribution in [2.24, 2.45) is 5.92 Å². The zero-order valence-corrected chi connectivity index (χ0v) is 14.3. The van der Waals surface area contributed by atoms with Crippen LogP contribution in [0.3, 0.4) is 0 Å². The van der Waals surface area contributed by atoms with Crippen LogP contribution >= 0.6 is 0 Å². The Morgan fingerprint density at radius 3 is 2.42 bits per heavy atom. The van der Waals surface area contributed by atoms with Crippen LogP contribution in [-0.2, 0) is 9.59 Å². The largest absolute Gasteiger partial charge is 0.459 e. The fraction of sp³-hybridized carbons (Fsp3) is 0.588. The van der Waals surface area contributed by atoms with Crippen LogP contribution in [0.1, 0.15) is 37.2 Å². The quantitative estimate of drug-likeness (QED) is 0.790. The third-order valence-corrected chi connectivity index (χ3v) is 4.01. The number of hydrogen-bond acceptors (Lipinski definition) is 4. The average Bonchev–Trinajstić information content (AvgIpc) is 3.08. The first-order chi connectivity index (χ1) is 11.5. The van der Waals surface area contributed by atoms with Gasteiger partial charge in [-0.2, -0.15) is 0 Å². The van der Waals surface area contributed by atoms with Gasteiger partial charge < -0.3 is 19.5 Å². The molecule has 1 fully saturated rings. The highest BCUT2D eigenvalue weighted by Gasteiger charge is 2.26. The van der Waals surface area contributed by atoms with E-state index in [1.165, 1.54) is 6.26 Å². The molecule has 1 aliphatic rings. The van der Waals surface area contributed by atoms with Gasteiger partial charge in [0.15, 0.2) is 5.76 Å². The number of nitrogens with one attached hydrogen (secondary N) is 1. The lowest BCUT2D eigenvalue weighted by molar-refractivity contribution is -0.137. The van der Waals surface area contributed by atoms with Crippen LogP contribution in [0, 0.1) is 5.92 Å². The standard InChI is InChI=1S/C17H25N3O4/c1-13(2)5-6-18-15(21)12-16(22)19-7-9-20(10-8-19)17(23)14-4-3-11-24-14/h3-4,11,13H,5-10,12H2,1-2H3,(H,18,21). The van der Waals surface area contributed by atoms with Crippen molar-refractivity contribution in [1.82, 2.24) is 15.1 Å². The second kappa shape index (κ2) is 8.52. The molecule has 0 spiro atoms. The summed E-state index contributed by atoms with van der Waals surface area (Å²) in [4.78, 5) is 39.4. The summed E-state index contributed by atoms with van der Waals surface area (Å²) in [5.41, 5.74) is 0. The second-order valence-corrected chi connectivity index (χ2v) is 6.36. The Bertz CT molecular complexity index is 560. The molecule has 1 aromatic heterocycles. The maximum Gasteiger partial charge on any atom is 0.289 e. The molecule has 2 heterocycles. The van der Waals surface area contributed by atoms with Gasteiger partial charge in [-0.25, -0.2) is 0 Å². The Balaban J connectivity index is 1.72. The Morgan fingerprint density at radius 1 is 1.17 bits per heavy atom. The topological polar surface area (TPSA) is 82.9 Å². The molecule has 0 atom stereocenters. The summed E-state index contributed by atoms with van der Waals surface area (Å²) in [5.74, 6) is 0.218. The lowest BCUT2D eigenvalue weighted by Crippen LogP contribution is -2.51. The number of amides is 3. The van der Waals surface area contributed by atoms with Crippen molar-refractivity contribution in [1.29, 1.82) is 0 Å². The minimum Gasteiger partial charge on any atom is -0.459 e. The molecule has 7 nitrogen and oxygen atoms in total. The number of hydrogen-bond donors (Lipinski definition) is 1. The highest BCUT2D eigenvalue weighted by Crippen LogP contribution is 2.10. The Hall–Kier alpha value is -2.31. The van der Waals surface area contributed by atoms with Crippen molar-refractivity contribution in [2.45, 2.75) is 26.7 Å². The molecule has 7 heteroatoms. The molecule has 1 aromatic rings. The number of carbonyl (C=O) groups excluding carboxylic acids is 3. The maximum absolute atomic E-state index is 12.2. The van der Waals surface area contributed by atoms with Gasteiger partial charge in [-0.05, 0) is 24.5 Å². The summed E-state index contributed by atoms with van der Waals surface area (Å²) in [6, 6.07) is 3.30. The maximum atomic E-state index is 12.2. The molecule has 1 saturated heterocycles. The van der Waals surface area contributed by atoms with E-state index in [0.717, 1.165) is 6.42 Å². The molecule has 3 amide bonds. The van der Waals surface area contributed by atoms with Crippen molar-refractivity contribution in [3.05, 3.63) is 24.2 Å². The molecule has 0 radical (unpaired) electrons. The monoisotopic (exact) mass is 335 g/mol. The number of piperazine rings is 1. The highest BCUT2D eigenvalue weighted by atomic mass is 16.3. The molecular formula is C17H25N3O4. The predicted molar refractivity (Wildman–Crippen MR) is 88.3 cm³/mol. The van der Waals surface area contributed by atoms with Crippen LogP contribution in [0.25, 0.3) is 0 Å². The summed E-state index contributed by atoms with van der Waals surface area (Å²) in [6.45, 7) is 6.52. The van der Waals surface area contributed by atoms with Gasteiger partial charge in [-0.1, -0.05) is 13.8 Å². The van der Waals surface area contributed by atoms with Gasteiger partial charge in [0.2, 0.25) is 11.8 Å². The van der Waals surface area contributed by atoms with E-state index < -0.39 is 0 Å². The van der Waals surface area contributed by atoms with Crippen molar-refractivity contribution in [3.63, 3.8) is 0 Å². The van der Waals surface area contributed by atoms with Gasteiger partial charge in [0.1, 0.15) is 6.42 Å². The van der Waals surface area contributed by atoms with Crippen molar-refractivity contribution >= 4 is 17.7 Å². The fourth-order valence-corrected chi connectivity index (χ4v) is 2.53. The van der Waals surface area contributed by atoms with E-state index in [0.29, 0.717) is 44.4 Å². The molecule has 132 valence electrons. The van der Waals surface area contributed by atoms with Crippen LogP contribution in [0.15, 0.2) is 22.8 Å². The summed E-state index contributed by atoms with van der Waals surface area (Å²) >= 11 is 0. The van der Waals surface area contributed by atoms with Crippen LogP contribution in [0.2, 0.25) is 0 Å². The van der Waals surface area contributed by atoms with Gasteiger partial charge in [-0.15, -0.1) is 0 Å². The minimum atomic E-state index is -0.241. The molecule has 0 saturated carbocycles. The lowest BCUT2D eigenvalue weighted by atomic mass is 10.1. The predicted octanol–water partition coefficient (Wildman–Crippen LogP) is 1.12. The van der Waals surface area contributed by atoms with Gasteiger partial charge in [0.05, 0.1) is 6.26 Å². The first-order valence-corrected chi connectivity index (χ1v) is 8.34. The van der Waals surface area contributed by atoms with E-state index in [1.807, 2.05) is 0 Å². The summed E-state index contributed by atoms with van der Waals surface area (Å²) in [7, 11) is 0. The second-order valence-electron chi connectivity index (χ2n) is 6.36. The molecule has 0 aromatic carbocycles. The van der Waals surface area contributed by atoms with Crippen LogP contribution in [0.5, 0.6) is 0 Å². The van der Waals surface area contributed by atoms with E-state index in [-0.39, 0.29) is 24.1 Å². The van der Waals surface area contributed by atoms with Crippen molar-refractivity contribution in [2.75, 3.05) is 32.7 Å². The third kappa shape index (κ3) is 5.11. The van der Waals surface area contributed by atoms with Crippen LogP contribution in [0.4, 0.5) is 0 Å². The van der Waals surface area contributed by atoms with E-state index in [2.05, 4.69) is 19.2 Å². The highest BCUT2D eigenvalue weighted by molar-refractivity contribution is 5.97. The van der Waals surface area contributed by atoms with Gasteiger partial charge in [0.25, 0.3) is 5.91 Å². The Labute approximate surface area is 142 Å². The molecule has 0 unspecified atom stereocenters. The first-order valence-electron chi connectivity index (χ1n) is 8.34. The van der Waals surface area contributed by atoms with Gasteiger partial charge >= 0.3 is 0 Å². The molecule has 1 N–H and O–H groups in total. The van der Waals surface area contributed by atoms with E-state index in [9.17, 15) is 14.4 Å². The molecule has 0 bridgehead atoms. The fourth-order valence-electron chi connectivity index (χ4n) is 2.53. The molecular weight excluding hydrogens is 310 g/mol. The zero-order valence-electron chi connectivity index (χ0n) is 14.3. The summed E-state index contributed by atoms with van der Waals surface area (Å²) in [6.07, 6.45) is 2.22. The first kappa shape index (κ1) is 18.0. The molecule has 2 rings (SSSR count). The number of furan rings is 1. The van der Waals surface area contributed by atoms with Gasteiger partial charge in [0, 0.05) is 32.7 Å². The summed E-state index contributed by atoms with van der Waals surface area (Å²) < 4.78 is 5.11. The van der Waals surface area contributed by atoms with Gasteiger partial charge in [-0.3, -0.25) is 14.4 Å². The number of carbonyl (C=O) groups is 3. The smallest absolute Gasteiger partial charge is 0.289 e. The molecule has 0 aliphatic carbocycles. The average molecular weight is 335 g/mol. The lowest BCUT2D eigenvalue weighted by Gasteiger charge is -2.34. The number of rotatable bonds is 6.